The lowest BCUT2D eigenvalue weighted by Gasteiger charge is -2.27. The van der Waals surface area contributed by atoms with Gasteiger partial charge in [-0.2, -0.15) is 0 Å². The molecular weight excluding hydrogens is 326 g/mol. The summed E-state index contributed by atoms with van der Waals surface area (Å²) < 4.78 is 5.50. The van der Waals surface area contributed by atoms with Gasteiger partial charge in [0.05, 0.1) is 11.7 Å². The normalized spacial score (nSPS) is 18.0. The number of carbonyl (C=O) groups excluding carboxylic acids is 1. The molecule has 1 amide bonds. The Labute approximate surface area is 144 Å². The van der Waals surface area contributed by atoms with E-state index in [-0.39, 0.29) is 17.7 Å². The number of carbonyl (C=O) groups is 1. The smallest absolute Gasteiger partial charge is 0.410 e. The molecule has 1 N–H and O–H groups in total. The molecule has 1 fully saturated rings. The summed E-state index contributed by atoms with van der Waals surface area (Å²) >= 11 is 1.51. The van der Waals surface area contributed by atoms with Crippen molar-refractivity contribution in [1.82, 2.24) is 14.9 Å². The number of aromatic amines is 1. The molecule has 1 aliphatic heterocycles. The van der Waals surface area contributed by atoms with Gasteiger partial charge in [0.25, 0.3) is 0 Å². The Morgan fingerprint density at radius 3 is 2.96 bits per heavy atom. The van der Waals surface area contributed by atoms with Gasteiger partial charge in [-0.3, -0.25) is 9.69 Å². The van der Waals surface area contributed by atoms with Crippen LogP contribution in [0.25, 0.3) is 11.3 Å². The maximum Gasteiger partial charge on any atom is 0.410 e. The Kier molecular flexibility index (Phi) is 4.45. The van der Waals surface area contributed by atoms with Crippen LogP contribution in [0.5, 0.6) is 0 Å². The third kappa shape index (κ3) is 3.67. The summed E-state index contributed by atoms with van der Waals surface area (Å²) in [5, 5.41) is 2.81. The van der Waals surface area contributed by atoms with E-state index in [0.717, 1.165) is 29.1 Å². The van der Waals surface area contributed by atoms with Gasteiger partial charge in [-0.1, -0.05) is 0 Å². The number of nitrogens with one attached hydrogen (secondary N) is 1. The van der Waals surface area contributed by atoms with Gasteiger partial charge in [-0.15, -0.1) is 11.3 Å². The summed E-state index contributed by atoms with van der Waals surface area (Å²) in [6.45, 7) is 6.28. The lowest BCUT2D eigenvalue weighted by Crippen LogP contribution is -2.36. The molecule has 2 aromatic heterocycles. The number of thiazole rings is 1. The number of amides is 1. The highest BCUT2D eigenvalue weighted by molar-refractivity contribution is 7.10. The molecule has 0 aliphatic carbocycles. The number of H-pyrrole nitrogens is 1. The molecule has 0 radical (unpaired) electrons. The largest absolute Gasteiger partial charge is 0.444 e. The minimum absolute atomic E-state index is 0.0550. The highest BCUT2D eigenvalue weighted by Crippen LogP contribution is 2.36. The van der Waals surface area contributed by atoms with E-state index < -0.39 is 5.60 Å². The van der Waals surface area contributed by atoms with E-state index >= 15 is 0 Å². The van der Waals surface area contributed by atoms with Crippen molar-refractivity contribution in [3.63, 3.8) is 0 Å². The van der Waals surface area contributed by atoms with E-state index in [1.54, 1.807) is 11.1 Å². The zero-order valence-corrected chi connectivity index (χ0v) is 14.9. The van der Waals surface area contributed by atoms with Crippen LogP contribution in [0.1, 0.15) is 44.7 Å². The minimum Gasteiger partial charge on any atom is -0.444 e. The van der Waals surface area contributed by atoms with Gasteiger partial charge >= 0.3 is 6.09 Å². The lowest BCUT2D eigenvalue weighted by atomic mass is 10.2. The number of likely N-dealkylation sites (tertiary alicyclic amines) is 1. The number of hydrogen-bond donors (Lipinski definition) is 1. The second-order valence-electron chi connectivity index (χ2n) is 6.84. The second-order valence-corrected chi connectivity index (χ2v) is 7.73. The van der Waals surface area contributed by atoms with Gasteiger partial charge < -0.3 is 9.72 Å². The van der Waals surface area contributed by atoms with Gasteiger partial charge in [-0.25, -0.2) is 9.78 Å². The summed E-state index contributed by atoms with van der Waals surface area (Å²) in [6.07, 6.45) is 3.13. The number of hydrogen-bond acceptors (Lipinski definition) is 5. The fourth-order valence-electron chi connectivity index (χ4n) is 2.74. The molecule has 0 aromatic carbocycles. The first-order chi connectivity index (χ1) is 11.3. The first-order valence-electron chi connectivity index (χ1n) is 7.98. The molecule has 0 saturated carbocycles. The van der Waals surface area contributed by atoms with Crippen molar-refractivity contribution < 1.29 is 9.53 Å². The topological polar surface area (TPSA) is 75.3 Å². The monoisotopic (exact) mass is 347 g/mol. The number of ether oxygens (including phenoxy) is 1. The average Bonchev–Trinajstić information content (AvgIpc) is 3.14. The standard InChI is InChI=1S/C17H21N3O3S/c1-17(2,3)23-16(22)20-8-4-5-13(20)15-19-12(10-24-15)11-6-7-18-14(21)9-11/h6-7,9-10,13H,4-5,8H2,1-3H3,(H,18,21). The molecule has 1 aliphatic rings. The van der Waals surface area contributed by atoms with E-state index in [4.69, 9.17) is 4.74 Å². The molecule has 1 unspecified atom stereocenters. The number of nitrogens with zero attached hydrogens (tertiary/aromatic N) is 2. The number of aromatic nitrogens is 2. The first-order valence-corrected chi connectivity index (χ1v) is 8.85. The van der Waals surface area contributed by atoms with Crippen LogP contribution in [0.3, 0.4) is 0 Å². The van der Waals surface area contributed by atoms with Crippen LogP contribution in [-0.4, -0.2) is 33.1 Å². The van der Waals surface area contributed by atoms with Crippen LogP contribution in [0, 0.1) is 0 Å². The zero-order chi connectivity index (χ0) is 17.3. The quantitative estimate of drug-likeness (QED) is 0.901. The summed E-state index contributed by atoms with van der Waals surface area (Å²) in [6, 6.07) is 3.29. The molecule has 24 heavy (non-hydrogen) atoms. The van der Waals surface area contributed by atoms with Crippen molar-refractivity contribution in [2.75, 3.05) is 6.54 Å². The summed E-state index contributed by atoms with van der Waals surface area (Å²) in [5.74, 6) is 0. The number of rotatable bonds is 2. The van der Waals surface area contributed by atoms with E-state index in [1.807, 2.05) is 32.2 Å². The first kappa shape index (κ1) is 16.7. The Balaban J connectivity index is 1.81. The molecule has 1 atom stereocenters. The van der Waals surface area contributed by atoms with E-state index in [2.05, 4.69) is 9.97 Å². The van der Waals surface area contributed by atoms with E-state index in [0.29, 0.717) is 6.54 Å². The fourth-order valence-corrected chi connectivity index (χ4v) is 3.71. The Hall–Kier alpha value is -2.15. The van der Waals surface area contributed by atoms with Crippen LogP contribution < -0.4 is 5.56 Å². The van der Waals surface area contributed by atoms with Gasteiger partial charge in [0.2, 0.25) is 5.56 Å². The maximum absolute atomic E-state index is 12.4. The Bertz CT molecular complexity index is 791. The van der Waals surface area contributed by atoms with Crippen LogP contribution in [0.4, 0.5) is 4.79 Å². The van der Waals surface area contributed by atoms with Gasteiger partial charge in [0.1, 0.15) is 10.6 Å². The third-order valence-electron chi connectivity index (χ3n) is 3.76. The highest BCUT2D eigenvalue weighted by atomic mass is 32.1. The summed E-state index contributed by atoms with van der Waals surface area (Å²) in [7, 11) is 0. The average molecular weight is 347 g/mol. The van der Waals surface area contributed by atoms with E-state index in [1.165, 1.54) is 17.4 Å². The molecule has 2 aromatic rings. The molecular formula is C17H21N3O3S. The van der Waals surface area contributed by atoms with Crippen molar-refractivity contribution in [3.05, 3.63) is 39.1 Å². The van der Waals surface area contributed by atoms with Crippen molar-refractivity contribution in [3.8, 4) is 11.3 Å². The van der Waals surface area contributed by atoms with Crippen molar-refractivity contribution in [2.45, 2.75) is 45.3 Å². The number of pyridine rings is 1. The SMILES string of the molecule is CC(C)(C)OC(=O)N1CCCC1c1nc(-c2cc[nH]c(=O)c2)cs1. The minimum atomic E-state index is -0.511. The van der Waals surface area contributed by atoms with Crippen LogP contribution in [0.2, 0.25) is 0 Å². The fraction of sp³-hybridized carbons (Fsp3) is 0.471. The molecule has 6 nitrogen and oxygen atoms in total. The molecule has 1 saturated heterocycles. The highest BCUT2D eigenvalue weighted by Gasteiger charge is 2.34. The lowest BCUT2D eigenvalue weighted by molar-refractivity contribution is 0.0224. The summed E-state index contributed by atoms with van der Waals surface area (Å²) in [4.78, 5) is 32.9. The predicted molar refractivity (Wildman–Crippen MR) is 93.1 cm³/mol. The van der Waals surface area contributed by atoms with Crippen LogP contribution >= 0.6 is 11.3 Å². The van der Waals surface area contributed by atoms with Gasteiger partial charge in [-0.05, 0) is 39.7 Å². The molecule has 3 heterocycles. The Morgan fingerprint density at radius 1 is 1.46 bits per heavy atom. The molecule has 0 bridgehead atoms. The predicted octanol–water partition coefficient (Wildman–Crippen LogP) is 3.57. The van der Waals surface area contributed by atoms with Crippen molar-refractivity contribution in [1.29, 1.82) is 0 Å². The second kappa shape index (κ2) is 6.39. The molecule has 3 rings (SSSR count). The molecule has 7 heteroatoms. The van der Waals surface area contributed by atoms with Crippen molar-refractivity contribution in [2.24, 2.45) is 0 Å². The Morgan fingerprint density at radius 2 is 2.25 bits per heavy atom. The molecule has 0 spiro atoms. The van der Waals surface area contributed by atoms with E-state index in [9.17, 15) is 9.59 Å². The maximum atomic E-state index is 12.4. The van der Waals surface area contributed by atoms with Crippen LogP contribution in [0.15, 0.2) is 28.5 Å². The van der Waals surface area contributed by atoms with Crippen LogP contribution in [-0.2, 0) is 4.74 Å². The third-order valence-corrected chi connectivity index (χ3v) is 4.70. The molecule has 128 valence electrons. The van der Waals surface area contributed by atoms with Gasteiger partial charge in [0.15, 0.2) is 0 Å². The zero-order valence-electron chi connectivity index (χ0n) is 14.0. The van der Waals surface area contributed by atoms with Gasteiger partial charge in [0, 0.05) is 29.8 Å². The summed E-state index contributed by atoms with van der Waals surface area (Å²) in [5.41, 5.74) is 0.877. The van der Waals surface area contributed by atoms with Crippen molar-refractivity contribution >= 4 is 17.4 Å².